The number of ether oxygens (including phenoxy) is 2. The number of rotatable bonds is 3. The van der Waals surface area contributed by atoms with E-state index in [4.69, 9.17) is 9.47 Å². The Hall–Kier alpha value is -2.30. The Bertz CT molecular complexity index is 653. The number of carboxylic acid groups (broad SMARTS) is 1. The molecule has 1 aromatic heterocycles. The topological polar surface area (TPSA) is 68.7 Å². The van der Waals surface area contributed by atoms with Gasteiger partial charge in [0.15, 0.2) is 11.5 Å². The molecule has 19 heavy (non-hydrogen) atoms. The molecule has 5 heteroatoms. The van der Waals surface area contributed by atoms with Crippen LogP contribution < -0.4 is 9.47 Å². The lowest BCUT2D eigenvalue weighted by Crippen LogP contribution is -2.12. The van der Waals surface area contributed by atoms with E-state index in [1.54, 1.807) is 6.20 Å². The summed E-state index contributed by atoms with van der Waals surface area (Å²) in [5.74, 6) is -0.140. The van der Waals surface area contributed by atoms with Crippen LogP contribution in [0.15, 0.2) is 24.4 Å². The van der Waals surface area contributed by atoms with Gasteiger partial charge >= 0.3 is 5.97 Å². The number of fused-ring (bicyclic) bond motifs is 2. The zero-order chi connectivity index (χ0) is 13.4. The second kappa shape index (κ2) is 4.42. The Morgan fingerprint density at radius 3 is 2.84 bits per heavy atom. The van der Waals surface area contributed by atoms with Crippen LogP contribution in [0, 0.1) is 0 Å². The van der Waals surface area contributed by atoms with Crippen molar-refractivity contribution in [3.8, 4) is 11.5 Å². The molecule has 0 bridgehead atoms. The third-order valence-corrected chi connectivity index (χ3v) is 3.32. The number of hydrogen-bond donors (Lipinski definition) is 1. The molecule has 5 nitrogen and oxygen atoms in total. The average molecular weight is 259 g/mol. The van der Waals surface area contributed by atoms with Crippen LogP contribution in [0.3, 0.4) is 0 Å². The first-order valence-electron chi connectivity index (χ1n) is 6.11. The third-order valence-electron chi connectivity index (χ3n) is 3.32. The highest BCUT2D eigenvalue weighted by molar-refractivity contribution is 5.91. The van der Waals surface area contributed by atoms with Crippen molar-refractivity contribution in [1.29, 1.82) is 0 Å². The molecule has 1 N–H and O–H groups in total. The minimum atomic E-state index is -0.861. The number of aliphatic carboxylic acids is 1. The van der Waals surface area contributed by atoms with Crippen LogP contribution in [0.4, 0.5) is 0 Å². The van der Waals surface area contributed by atoms with Gasteiger partial charge in [-0.05, 0) is 30.0 Å². The molecule has 0 spiro atoms. The van der Waals surface area contributed by atoms with Crippen molar-refractivity contribution in [1.82, 2.24) is 4.98 Å². The molecule has 1 atom stereocenters. The van der Waals surface area contributed by atoms with Gasteiger partial charge in [-0.1, -0.05) is 6.92 Å². The Balaban J connectivity index is 2.22. The molecule has 1 aliphatic rings. The van der Waals surface area contributed by atoms with E-state index in [2.05, 4.69) is 4.98 Å². The predicted octanol–water partition coefficient (Wildman–Crippen LogP) is 2.54. The number of benzene rings is 1. The van der Waals surface area contributed by atoms with Crippen molar-refractivity contribution >= 4 is 16.7 Å². The highest BCUT2D eigenvalue weighted by atomic mass is 16.7. The molecular weight excluding hydrogens is 246 g/mol. The van der Waals surface area contributed by atoms with Crippen LogP contribution in [0.25, 0.3) is 10.8 Å². The lowest BCUT2D eigenvalue weighted by molar-refractivity contribution is -0.138. The molecule has 2 heterocycles. The molecule has 0 saturated heterocycles. The standard InChI is InChI=1S/C14H13NO4/c1-2-9(14(16)17)13-10-6-12-11(18-7-19-12)5-8(10)3-4-15-13/h3-6,9H,2,7H2,1H3,(H,16,17). The molecule has 3 rings (SSSR count). The van der Waals surface area contributed by atoms with Crippen molar-refractivity contribution < 1.29 is 19.4 Å². The maximum atomic E-state index is 11.3. The molecule has 2 aromatic rings. The number of nitrogens with zero attached hydrogens (tertiary/aromatic N) is 1. The van der Waals surface area contributed by atoms with Gasteiger partial charge in [-0.3, -0.25) is 9.78 Å². The summed E-state index contributed by atoms with van der Waals surface area (Å²) in [7, 11) is 0. The summed E-state index contributed by atoms with van der Waals surface area (Å²) < 4.78 is 10.7. The number of hydrogen-bond acceptors (Lipinski definition) is 4. The molecule has 0 aliphatic carbocycles. The fourth-order valence-corrected chi connectivity index (χ4v) is 2.35. The van der Waals surface area contributed by atoms with Crippen LogP contribution in [0.5, 0.6) is 11.5 Å². The fraction of sp³-hybridized carbons (Fsp3) is 0.286. The van der Waals surface area contributed by atoms with Crippen LogP contribution in [0.2, 0.25) is 0 Å². The van der Waals surface area contributed by atoms with E-state index >= 15 is 0 Å². The molecule has 0 amide bonds. The first-order valence-corrected chi connectivity index (χ1v) is 6.11. The lowest BCUT2D eigenvalue weighted by atomic mass is 9.96. The zero-order valence-electron chi connectivity index (χ0n) is 10.4. The van der Waals surface area contributed by atoms with E-state index in [0.29, 0.717) is 23.6 Å². The minimum absolute atomic E-state index is 0.199. The highest BCUT2D eigenvalue weighted by Gasteiger charge is 2.23. The third kappa shape index (κ3) is 1.87. The van der Waals surface area contributed by atoms with Crippen LogP contribution >= 0.6 is 0 Å². The molecule has 0 fully saturated rings. The van der Waals surface area contributed by atoms with Gasteiger partial charge in [0.25, 0.3) is 0 Å². The summed E-state index contributed by atoms with van der Waals surface area (Å²) in [6.45, 7) is 2.04. The number of pyridine rings is 1. The van der Waals surface area contributed by atoms with Crippen molar-refractivity contribution in [2.45, 2.75) is 19.3 Å². The Morgan fingerprint density at radius 2 is 2.16 bits per heavy atom. The SMILES string of the molecule is CCC(C(=O)O)c1nccc2cc3c(cc12)OCO3. The first-order chi connectivity index (χ1) is 9.20. The number of aromatic nitrogens is 1. The molecule has 0 saturated carbocycles. The van der Waals surface area contributed by atoms with Crippen LogP contribution in [-0.2, 0) is 4.79 Å². The van der Waals surface area contributed by atoms with Gasteiger partial charge in [0.2, 0.25) is 6.79 Å². The van der Waals surface area contributed by atoms with E-state index in [1.807, 2.05) is 25.1 Å². The Labute approximate surface area is 109 Å². The van der Waals surface area contributed by atoms with Crippen molar-refractivity contribution in [3.63, 3.8) is 0 Å². The van der Waals surface area contributed by atoms with E-state index < -0.39 is 11.9 Å². The fourth-order valence-electron chi connectivity index (χ4n) is 2.35. The van der Waals surface area contributed by atoms with Gasteiger partial charge < -0.3 is 14.6 Å². The summed E-state index contributed by atoms with van der Waals surface area (Å²) in [5.41, 5.74) is 0.575. The van der Waals surface area contributed by atoms with Crippen molar-refractivity contribution in [2.24, 2.45) is 0 Å². The minimum Gasteiger partial charge on any atom is -0.481 e. The summed E-state index contributed by atoms with van der Waals surface area (Å²) in [4.78, 5) is 15.6. The van der Waals surface area contributed by atoms with E-state index in [1.165, 1.54) is 0 Å². The lowest BCUT2D eigenvalue weighted by Gasteiger charge is -2.12. The van der Waals surface area contributed by atoms with Gasteiger partial charge in [0.1, 0.15) is 0 Å². The Kier molecular flexibility index (Phi) is 2.74. The molecule has 0 radical (unpaired) electrons. The number of carbonyl (C=O) groups is 1. The van der Waals surface area contributed by atoms with Gasteiger partial charge in [0, 0.05) is 11.6 Å². The van der Waals surface area contributed by atoms with Gasteiger partial charge in [-0.15, -0.1) is 0 Å². The zero-order valence-corrected chi connectivity index (χ0v) is 10.4. The van der Waals surface area contributed by atoms with Gasteiger partial charge in [0.05, 0.1) is 11.6 Å². The van der Waals surface area contributed by atoms with Crippen molar-refractivity contribution in [2.75, 3.05) is 6.79 Å². The largest absolute Gasteiger partial charge is 0.481 e. The van der Waals surface area contributed by atoms with Gasteiger partial charge in [-0.2, -0.15) is 0 Å². The quantitative estimate of drug-likeness (QED) is 0.917. The van der Waals surface area contributed by atoms with Crippen molar-refractivity contribution in [3.05, 3.63) is 30.1 Å². The van der Waals surface area contributed by atoms with E-state index in [9.17, 15) is 9.90 Å². The van der Waals surface area contributed by atoms with E-state index in [0.717, 1.165) is 10.8 Å². The summed E-state index contributed by atoms with van der Waals surface area (Å²) in [6.07, 6.45) is 2.13. The van der Waals surface area contributed by atoms with E-state index in [-0.39, 0.29) is 6.79 Å². The maximum absolute atomic E-state index is 11.3. The van der Waals surface area contributed by atoms with Gasteiger partial charge in [-0.25, -0.2) is 0 Å². The summed E-state index contributed by atoms with van der Waals surface area (Å²) >= 11 is 0. The number of carboxylic acids is 1. The van der Waals surface area contributed by atoms with Crippen LogP contribution in [0.1, 0.15) is 25.0 Å². The maximum Gasteiger partial charge on any atom is 0.312 e. The second-order valence-electron chi connectivity index (χ2n) is 4.42. The highest BCUT2D eigenvalue weighted by Crippen LogP contribution is 2.38. The molecule has 98 valence electrons. The second-order valence-corrected chi connectivity index (χ2v) is 4.42. The monoisotopic (exact) mass is 259 g/mol. The normalized spacial score (nSPS) is 14.6. The summed E-state index contributed by atoms with van der Waals surface area (Å²) in [5, 5.41) is 11.0. The predicted molar refractivity (Wildman–Crippen MR) is 68.5 cm³/mol. The smallest absolute Gasteiger partial charge is 0.312 e. The first kappa shape index (κ1) is 11.8. The molecular formula is C14H13NO4. The Morgan fingerprint density at radius 1 is 1.42 bits per heavy atom. The van der Waals surface area contributed by atoms with Crippen LogP contribution in [-0.4, -0.2) is 22.9 Å². The average Bonchev–Trinajstić information content (AvgIpc) is 2.84. The molecule has 1 aromatic carbocycles. The molecule has 1 unspecified atom stereocenters. The summed E-state index contributed by atoms with van der Waals surface area (Å²) in [6, 6.07) is 5.51. The molecule has 1 aliphatic heterocycles.